The van der Waals surface area contributed by atoms with Gasteiger partial charge in [0.1, 0.15) is 34.9 Å². The normalized spacial score (nSPS) is 61.2. The van der Waals surface area contributed by atoms with E-state index in [4.69, 9.17) is 19.1 Å². The van der Waals surface area contributed by atoms with E-state index in [-0.39, 0.29) is 53.3 Å². The molecule has 0 spiro atoms. The van der Waals surface area contributed by atoms with Crippen LogP contribution in [0.2, 0.25) is 0 Å². The van der Waals surface area contributed by atoms with Crippen molar-refractivity contribution in [3.63, 3.8) is 0 Å². The highest BCUT2D eigenvalue weighted by molar-refractivity contribution is 5.88. The molecule has 9 nitrogen and oxygen atoms in total. The minimum absolute atomic E-state index is 0.00164. The third-order valence-corrected chi connectivity index (χ3v) is 15.2. The van der Waals surface area contributed by atoms with Crippen molar-refractivity contribution in [2.24, 2.45) is 69.5 Å². The Bertz CT molecular complexity index is 1340. The first kappa shape index (κ1) is 29.9. The van der Waals surface area contributed by atoms with Crippen LogP contribution in [0, 0.1) is 69.5 Å². The summed E-state index contributed by atoms with van der Waals surface area (Å²) >= 11 is 0. The number of Topliss-reactive ketones (excluding diaryl/α,β-unsaturated/α-hetero) is 1. The summed E-state index contributed by atoms with van der Waals surface area (Å²) in [4.78, 5) is 32.6. The maximum atomic E-state index is 14.3. The van der Waals surface area contributed by atoms with Gasteiger partial charge in [0.05, 0.1) is 17.6 Å². The molecule has 0 aromatic carbocycles. The van der Waals surface area contributed by atoms with Gasteiger partial charge in [-0.3, -0.25) is 14.8 Å². The Morgan fingerprint density at radius 2 is 1.70 bits per heavy atom. The van der Waals surface area contributed by atoms with Crippen LogP contribution in [0.5, 0.6) is 0 Å². The summed E-state index contributed by atoms with van der Waals surface area (Å²) < 4.78 is 18.5. The van der Waals surface area contributed by atoms with Gasteiger partial charge >= 0.3 is 5.97 Å². The quantitative estimate of drug-likeness (QED) is 0.185. The fourth-order valence-electron chi connectivity index (χ4n) is 12.6. The van der Waals surface area contributed by atoms with Gasteiger partial charge in [-0.05, 0) is 67.8 Å². The van der Waals surface area contributed by atoms with Crippen molar-refractivity contribution in [2.75, 3.05) is 0 Å². The average molecular weight is 601 g/mol. The summed E-state index contributed by atoms with van der Waals surface area (Å²) in [5, 5.41) is 34.8. The number of hydrogen-bond acceptors (Lipinski definition) is 9. The molecule has 3 N–H and O–H groups in total. The number of carbonyl (C=O) groups is 2. The monoisotopic (exact) mass is 600 g/mol. The Morgan fingerprint density at radius 3 is 2.30 bits per heavy atom. The zero-order valence-corrected chi connectivity index (χ0v) is 26.8. The highest BCUT2D eigenvalue weighted by Crippen LogP contribution is 2.78. The number of epoxide rings is 1. The van der Waals surface area contributed by atoms with Crippen molar-refractivity contribution in [1.29, 1.82) is 0 Å². The standard InChI is InChI=1S/C34H48O9/c1-13-14(2)32(8)23(21-22(13)31(7)15(3)27-19(42-27)11-18(31)25(36)26(21)37)28(41-17(5)35)24-29(32)30(6,43-39)12-20-33(24,9)34(10,38)16(4)40-20/h12-15,18-19,21-24,26-29,37-39H,4,11H2,1-3,5-10H3/t13-,14+,15+,18-,19+,21-,22?,23-,24-,26-,27-,28-,29-,30-,31+,32+,33+,34-/m1/s1. The molecule has 2 heterocycles. The topological polar surface area (TPSA) is 135 Å². The predicted molar refractivity (Wildman–Crippen MR) is 154 cm³/mol. The van der Waals surface area contributed by atoms with Crippen molar-refractivity contribution in [3.8, 4) is 0 Å². The Labute approximate surface area is 253 Å². The zero-order valence-electron chi connectivity index (χ0n) is 26.8. The molecule has 2 saturated heterocycles. The number of ether oxygens (including phenoxy) is 3. The smallest absolute Gasteiger partial charge is 0.302 e. The molecule has 6 fully saturated rings. The molecule has 0 amide bonds. The third-order valence-electron chi connectivity index (χ3n) is 15.2. The lowest BCUT2D eigenvalue weighted by Gasteiger charge is -2.66. The van der Waals surface area contributed by atoms with E-state index in [2.05, 4.69) is 41.2 Å². The summed E-state index contributed by atoms with van der Waals surface area (Å²) in [5.74, 6) is -2.36. The highest BCUT2D eigenvalue weighted by atomic mass is 17.1. The van der Waals surface area contributed by atoms with E-state index in [9.17, 15) is 25.1 Å². The molecule has 7 aliphatic rings. The average Bonchev–Trinajstić information content (AvgIpc) is 3.63. The molecular weight excluding hydrogens is 552 g/mol. The van der Waals surface area contributed by atoms with Gasteiger partial charge in [0.2, 0.25) is 0 Å². The SMILES string of the molecule is C=C1OC2=C[C@@](C)(OO)[C@H]3[C@@H]([C@H](OC(C)=O)[C@H]4[C@H]5C([C@H](C)[C@H](C)[C@@]43C)[C@]3(C)[C@H](C[C@@H]4O[C@@H]4[C@@H]3C)C(=O)[C@@H]5O)[C@@]2(C)[C@]1(C)O. The van der Waals surface area contributed by atoms with Gasteiger partial charge in [-0.2, -0.15) is 0 Å². The summed E-state index contributed by atoms with van der Waals surface area (Å²) in [6.07, 6.45) is 0.470. The van der Waals surface area contributed by atoms with Crippen LogP contribution in [0.4, 0.5) is 0 Å². The maximum Gasteiger partial charge on any atom is 0.302 e. The molecule has 5 aliphatic carbocycles. The number of ketones is 1. The van der Waals surface area contributed by atoms with E-state index in [1.807, 2.05) is 6.92 Å². The molecule has 43 heavy (non-hydrogen) atoms. The molecule has 9 heteroatoms. The van der Waals surface area contributed by atoms with Crippen molar-refractivity contribution in [3.05, 3.63) is 24.2 Å². The van der Waals surface area contributed by atoms with E-state index in [0.717, 1.165) is 0 Å². The van der Waals surface area contributed by atoms with Crippen molar-refractivity contribution >= 4 is 11.8 Å². The first-order chi connectivity index (χ1) is 19.8. The van der Waals surface area contributed by atoms with Gasteiger partial charge in [0.15, 0.2) is 5.78 Å². The lowest BCUT2D eigenvalue weighted by Crippen LogP contribution is -2.69. The zero-order chi connectivity index (χ0) is 31.6. The van der Waals surface area contributed by atoms with Crippen LogP contribution >= 0.6 is 0 Å². The van der Waals surface area contributed by atoms with Crippen LogP contribution in [-0.2, 0) is 28.7 Å². The molecule has 238 valence electrons. The molecule has 0 aromatic rings. The number of hydrogen-bond donors (Lipinski definition) is 3. The van der Waals surface area contributed by atoms with Crippen molar-refractivity contribution in [1.82, 2.24) is 0 Å². The fourth-order valence-corrected chi connectivity index (χ4v) is 12.6. The first-order valence-corrected chi connectivity index (χ1v) is 16.0. The number of aliphatic hydroxyl groups excluding tert-OH is 1. The number of aliphatic hydroxyl groups is 2. The van der Waals surface area contributed by atoms with Crippen LogP contribution in [0.3, 0.4) is 0 Å². The second-order valence-corrected chi connectivity index (χ2v) is 16.2. The minimum Gasteiger partial charge on any atom is -0.463 e. The van der Waals surface area contributed by atoms with Gasteiger partial charge in [0, 0.05) is 36.5 Å². The number of esters is 1. The van der Waals surface area contributed by atoms with E-state index in [0.29, 0.717) is 12.2 Å². The van der Waals surface area contributed by atoms with Crippen molar-refractivity contribution < 1.29 is 44.2 Å². The predicted octanol–water partition coefficient (Wildman–Crippen LogP) is 4.13. The Balaban J connectivity index is 1.49. The molecule has 0 aromatic heterocycles. The van der Waals surface area contributed by atoms with E-state index in [1.165, 1.54) is 6.92 Å². The molecule has 2 aliphatic heterocycles. The molecule has 18 atom stereocenters. The van der Waals surface area contributed by atoms with Crippen LogP contribution in [0.25, 0.3) is 0 Å². The van der Waals surface area contributed by atoms with Gasteiger partial charge in [-0.1, -0.05) is 41.2 Å². The lowest BCUT2D eigenvalue weighted by atomic mass is 9.37. The largest absolute Gasteiger partial charge is 0.463 e. The van der Waals surface area contributed by atoms with Gasteiger partial charge in [0.25, 0.3) is 0 Å². The number of carbonyl (C=O) groups excluding carboxylic acids is 2. The molecule has 7 rings (SSSR count). The molecule has 0 bridgehead atoms. The van der Waals surface area contributed by atoms with Gasteiger partial charge in [-0.25, -0.2) is 4.89 Å². The van der Waals surface area contributed by atoms with Crippen LogP contribution in [0.15, 0.2) is 24.2 Å². The van der Waals surface area contributed by atoms with Crippen LogP contribution in [0.1, 0.15) is 68.7 Å². The van der Waals surface area contributed by atoms with Gasteiger partial charge < -0.3 is 24.4 Å². The molecule has 1 unspecified atom stereocenters. The maximum absolute atomic E-state index is 14.3. The molecule has 4 saturated carbocycles. The summed E-state index contributed by atoms with van der Waals surface area (Å²) in [6, 6.07) is 0. The molecule has 0 radical (unpaired) electrons. The fraction of sp³-hybridized carbons (Fsp3) is 0.824. The van der Waals surface area contributed by atoms with Crippen LogP contribution < -0.4 is 0 Å². The van der Waals surface area contributed by atoms with Gasteiger partial charge in [-0.15, -0.1) is 0 Å². The minimum atomic E-state index is -1.54. The number of rotatable bonds is 2. The van der Waals surface area contributed by atoms with E-state index < -0.39 is 69.3 Å². The Morgan fingerprint density at radius 1 is 1.05 bits per heavy atom. The second kappa shape index (κ2) is 8.52. The third kappa shape index (κ3) is 3.12. The number of fused-ring (bicyclic) bond motifs is 10. The summed E-state index contributed by atoms with van der Waals surface area (Å²) in [5.41, 5.74) is -5.05. The summed E-state index contributed by atoms with van der Waals surface area (Å²) in [7, 11) is 0. The van der Waals surface area contributed by atoms with Crippen molar-refractivity contribution in [2.45, 2.75) is 104 Å². The van der Waals surface area contributed by atoms with E-state index in [1.54, 1.807) is 19.9 Å². The Kier molecular flexibility index (Phi) is 5.92. The van der Waals surface area contributed by atoms with E-state index >= 15 is 0 Å². The second-order valence-electron chi connectivity index (χ2n) is 16.2. The Hall–Kier alpha value is -1.78. The first-order valence-electron chi connectivity index (χ1n) is 16.0. The highest BCUT2D eigenvalue weighted by Gasteiger charge is 2.82. The lowest BCUT2D eigenvalue weighted by molar-refractivity contribution is -0.339. The summed E-state index contributed by atoms with van der Waals surface area (Å²) in [6.45, 7) is 21.8. The molecular formula is C34H48O9. The van der Waals surface area contributed by atoms with Crippen LogP contribution in [-0.4, -0.2) is 62.8 Å².